The van der Waals surface area contributed by atoms with Crippen LogP contribution in [-0.4, -0.2) is 18.9 Å². The number of hydrogen-bond donors (Lipinski definition) is 0. The third kappa shape index (κ3) is 11.1. The lowest BCUT2D eigenvalue weighted by Gasteiger charge is -2.06. The summed E-state index contributed by atoms with van der Waals surface area (Å²) in [4.78, 5) is 21.2. The van der Waals surface area contributed by atoms with Crippen LogP contribution in [0.3, 0.4) is 0 Å². The van der Waals surface area contributed by atoms with Crippen molar-refractivity contribution in [2.24, 2.45) is 5.92 Å². The second-order valence-electron chi connectivity index (χ2n) is 4.20. The standard InChI is InChI=1S/C12H22O3/c1-11(2)10-15-12(14)8-6-4-3-5-7-9-13/h9,11H,3-8,10H2,1-2H3. The predicted molar refractivity (Wildman–Crippen MR) is 59.6 cm³/mol. The van der Waals surface area contributed by atoms with E-state index >= 15 is 0 Å². The molecule has 3 nitrogen and oxygen atoms in total. The highest BCUT2D eigenvalue weighted by Gasteiger charge is 2.03. The van der Waals surface area contributed by atoms with Gasteiger partial charge in [0.25, 0.3) is 0 Å². The number of unbranched alkanes of at least 4 members (excludes halogenated alkanes) is 4. The molecule has 0 unspecified atom stereocenters. The number of hydrogen-bond acceptors (Lipinski definition) is 3. The molecule has 0 atom stereocenters. The molecule has 0 rings (SSSR count). The average molecular weight is 214 g/mol. The second-order valence-corrected chi connectivity index (χ2v) is 4.20. The molecule has 0 aliphatic carbocycles. The molecule has 0 heterocycles. The van der Waals surface area contributed by atoms with E-state index in [0.717, 1.165) is 32.0 Å². The van der Waals surface area contributed by atoms with Crippen LogP contribution < -0.4 is 0 Å². The first kappa shape index (κ1) is 14.1. The molecule has 15 heavy (non-hydrogen) atoms. The molecule has 0 fully saturated rings. The molecule has 0 saturated carbocycles. The third-order valence-electron chi connectivity index (χ3n) is 2.03. The van der Waals surface area contributed by atoms with Crippen molar-refractivity contribution < 1.29 is 14.3 Å². The van der Waals surface area contributed by atoms with Crippen molar-refractivity contribution in [2.75, 3.05) is 6.61 Å². The molecule has 88 valence electrons. The fourth-order valence-electron chi connectivity index (χ4n) is 1.18. The van der Waals surface area contributed by atoms with Crippen LogP contribution in [0, 0.1) is 5.92 Å². The van der Waals surface area contributed by atoms with Crippen molar-refractivity contribution in [3.63, 3.8) is 0 Å². The maximum Gasteiger partial charge on any atom is 0.305 e. The Hall–Kier alpha value is -0.860. The van der Waals surface area contributed by atoms with E-state index in [0.29, 0.717) is 25.4 Å². The van der Waals surface area contributed by atoms with Gasteiger partial charge in [0.1, 0.15) is 6.29 Å². The summed E-state index contributed by atoms with van der Waals surface area (Å²) in [6.45, 7) is 4.56. The Labute approximate surface area is 92.2 Å². The van der Waals surface area contributed by atoms with Gasteiger partial charge in [0.05, 0.1) is 6.61 Å². The Kier molecular flexibility index (Phi) is 9.13. The molecule has 0 aromatic carbocycles. The van der Waals surface area contributed by atoms with Crippen LogP contribution in [0.4, 0.5) is 0 Å². The summed E-state index contributed by atoms with van der Waals surface area (Å²) in [6.07, 6.45) is 5.92. The quantitative estimate of drug-likeness (QED) is 0.337. The maximum absolute atomic E-state index is 11.2. The van der Waals surface area contributed by atoms with Crippen molar-refractivity contribution >= 4 is 12.3 Å². The van der Waals surface area contributed by atoms with Gasteiger partial charge in [-0.3, -0.25) is 4.79 Å². The Morgan fingerprint density at radius 2 is 1.87 bits per heavy atom. The van der Waals surface area contributed by atoms with Crippen LogP contribution in [0.1, 0.15) is 52.4 Å². The predicted octanol–water partition coefficient (Wildman–Crippen LogP) is 2.73. The first-order chi connectivity index (χ1) is 7.16. The van der Waals surface area contributed by atoms with Crippen LogP contribution in [0.5, 0.6) is 0 Å². The van der Waals surface area contributed by atoms with Crippen LogP contribution in [0.2, 0.25) is 0 Å². The lowest BCUT2D eigenvalue weighted by Crippen LogP contribution is -2.09. The average Bonchev–Trinajstić information content (AvgIpc) is 2.20. The fraction of sp³-hybridized carbons (Fsp3) is 0.833. The van der Waals surface area contributed by atoms with Crippen LogP contribution in [0.25, 0.3) is 0 Å². The molecule has 0 N–H and O–H groups in total. The Morgan fingerprint density at radius 1 is 1.20 bits per heavy atom. The van der Waals surface area contributed by atoms with Crippen molar-refractivity contribution in [3.05, 3.63) is 0 Å². The molecule has 3 heteroatoms. The van der Waals surface area contributed by atoms with Gasteiger partial charge >= 0.3 is 5.97 Å². The highest BCUT2D eigenvalue weighted by atomic mass is 16.5. The van der Waals surface area contributed by atoms with E-state index in [1.807, 2.05) is 13.8 Å². The van der Waals surface area contributed by atoms with E-state index in [2.05, 4.69) is 0 Å². The zero-order valence-corrected chi connectivity index (χ0v) is 9.83. The number of carbonyl (C=O) groups is 2. The van der Waals surface area contributed by atoms with Crippen LogP contribution in [-0.2, 0) is 14.3 Å². The van der Waals surface area contributed by atoms with Gasteiger partial charge in [-0.1, -0.05) is 26.7 Å². The minimum absolute atomic E-state index is 0.0981. The normalized spacial score (nSPS) is 10.3. The third-order valence-corrected chi connectivity index (χ3v) is 2.03. The Morgan fingerprint density at radius 3 is 2.47 bits per heavy atom. The highest BCUT2D eigenvalue weighted by Crippen LogP contribution is 2.05. The zero-order valence-electron chi connectivity index (χ0n) is 9.83. The molecule has 0 radical (unpaired) electrons. The topological polar surface area (TPSA) is 43.4 Å². The molecule has 0 spiro atoms. The van der Waals surface area contributed by atoms with E-state index in [9.17, 15) is 9.59 Å². The molecular formula is C12H22O3. The van der Waals surface area contributed by atoms with Crippen LogP contribution in [0.15, 0.2) is 0 Å². The summed E-state index contributed by atoms with van der Waals surface area (Å²) >= 11 is 0. The first-order valence-electron chi connectivity index (χ1n) is 5.76. The number of rotatable bonds is 9. The summed E-state index contributed by atoms with van der Waals surface area (Å²) < 4.78 is 5.04. The van der Waals surface area contributed by atoms with Gasteiger partial charge in [0, 0.05) is 12.8 Å². The zero-order chi connectivity index (χ0) is 11.5. The summed E-state index contributed by atoms with van der Waals surface area (Å²) in [5.41, 5.74) is 0. The van der Waals surface area contributed by atoms with Gasteiger partial charge in [-0.25, -0.2) is 0 Å². The smallest absolute Gasteiger partial charge is 0.305 e. The lowest BCUT2D eigenvalue weighted by atomic mass is 10.1. The van der Waals surface area contributed by atoms with Crippen molar-refractivity contribution in [3.8, 4) is 0 Å². The number of aldehydes is 1. The SMILES string of the molecule is CC(C)COC(=O)CCCCCCC=O. The highest BCUT2D eigenvalue weighted by molar-refractivity contribution is 5.69. The van der Waals surface area contributed by atoms with Gasteiger partial charge in [-0.15, -0.1) is 0 Å². The Balaban J connectivity index is 3.20. The molecule has 0 bridgehead atoms. The van der Waals surface area contributed by atoms with Gasteiger partial charge in [0.15, 0.2) is 0 Å². The van der Waals surface area contributed by atoms with Crippen molar-refractivity contribution in [2.45, 2.75) is 52.4 Å². The van der Waals surface area contributed by atoms with Gasteiger partial charge in [-0.2, -0.15) is 0 Å². The van der Waals surface area contributed by atoms with Crippen molar-refractivity contribution in [1.82, 2.24) is 0 Å². The van der Waals surface area contributed by atoms with Crippen molar-refractivity contribution in [1.29, 1.82) is 0 Å². The summed E-state index contributed by atoms with van der Waals surface area (Å²) in [5, 5.41) is 0. The molecule has 0 aromatic rings. The van der Waals surface area contributed by atoms with E-state index in [1.165, 1.54) is 0 Å². The number of ether oxygens (including phenoxy) is 1. The maximum atomic E-state index is 11.2. The van der Waals surface area contributed by atoms with E-state index in [4.69, 9.17) is 4.74 Å². The first-order valence-corrected chi connectivity index (χ1v) is 5.76. The van der Waals surface area contributed by atoms with Gasteiger partial charge in [0.2, 0.25) is 0 Å². The monoisotopic (exact) mass is 214 g/mol. The molecule has 0 aliphatic rings. The molecule has 0 aromatic heterocycles. The van der Waals surface area contributed by atoms with E-state index in [-0.39, 0.29) is 5.97 Å². The largest absolute Gasteiger partial charge is 0.465 e. The number of esters is 1. The molecule has 0 saturated heterocycles. The van der Waals surface area contributed by atoms with Gasteiger partial charge < -0.3 is 9.53 Å². The summed E-state index contributed by atoms with van der Waals surface area (Å²) in [6, 6.07) is 0. The van der Waals surface area contributed by atoms with Crippen LogP contribution >= 0.6 is 0 Å². The van der Waals surface area contributed by atoms with E-state index in [1.54, 1.807) is 0 Å². The molecular weight excluding hydrogens is 192 g/mol. The summed E-state index contributed by atoms with van der Waals surface area (Å²) in [5.74, 6) is 0.306. The molecule has 0 aliphatic heterocycles. The number of carbonyl (C=O) groups excluding carboxylic acids is 2. The summed E-state index contributed by atoms with van der Waals surface area (Å²) in [7, 11) is 0. The minimum Gasteiger partial charge on any atom is -0.465 e. The second kappa shape index (κ2) is 9.69. The fourth-order valence-corrected chi connectivity index (χ4v) is 1.18. The molecule has 0 amide bonds. The lowest BCUT2D eigenvalue weighted by molar-refractivity contribution is -0.144. The van der Waals surface area contributed by atoms with Gasteiger partial charge in [-0.05, 0) is 18.8 Å². The minimum atomic E-state index is -0.0981. The van der Waals surface area contributed by atoms with E-state index < -0.39 is 0 Å². The Bertz CT molecular complexity index is 176.